The third kappa shape index (κ3) is 27.1. The highest BCUT2D eigenvalue weighted by Crippen LogP contribution is 2.15. The number of carboxylic acid groups (broad SMARTS) is 1. The highest BCUT2D eigenvalue weighted by molar-refractivity contribution is 5.83. The fourth-order valence-corrected chi connectivity index (χ4v) is 4.76. The van der Waals surface area contributed by atoms with Gasteiger partial charge in [-0.2, -0.15) is 0 Å². The van der Waals surface area contributed by atoms with Crippen molar-refractivity contribution in [1.82, 2.24) is 10.6 Å². The van der Waals surface area contributed by atoms with E-state index in [1.165, 1.54) is 116 Å². The van der Waals surface area contributed by atoms with Gasteiger partial charge in [-0.15, -0.1) is 0 Å². The van der Waals surface area contributed by atoms with Crippen molar-refractivity contribution in [3.05, 3.63) is 0 Å². The Labute approximate surface area is 227 Å². The predicted molar refractivity (Wildman–Crippen MR) is 154 cm³/mol. The predicted octanol–water partition coefficient (Wildman–Crippen LogP) is 7.61. The van der Waals surface area contributed by atoms with E-state index in [0.717, 1.165) is 19.3 Å². The summed E-state index contributed by atoms with van der Waals surface area (Å²) in [5.74, 6) is -1.26. The van der Waals surface area contributed by atoms with Gasteiger partial charge in [-0.05, 0) is 19.3 Å². The Morgan fingerprint density at radius 1 is 0.622 bits per heavy atom. The van der Waals surface area contributed by atoms with Crippen molar-refractivity contribution < 1.29 is 19.5 Å². The van der Waals surface area contributed by atoms with Crippen LogP contribution in [0.3, 0.4) is 0 Å². The number of carboxylic acids is 1. The molecule has 7 heteroatoms. The van der Waals surface area contributed by atoms with E-state index in [0.29, 0.717) is 19.4 Å². The van der Waals surface area contributed by atoms with E-state index >= 15 is 0 Å². The molecule has 0 saturated carbocycles. The van der Waals surface area contributed by atoms with Crippen LogP contribution < -0.4 is 16.4 Å². The summed E-state index contributed by atoms with van der Waals surface area (Å²) < 4.78 is 0. The van der Waals surface area contributed by atoms with Crippen LogP contribution in [-0.2, 0) is 9.59 Å². The zero-order valence-electron chi connectivity index (χ0n) is 24.0. The van der Waals surface area contributed by atoms with E-state index in [2.05, 4.69) is 17.6 Å². The van der Waals surface area contributed by atoms with Gasteiger partial charge in [0.15, 0.2) is 0 Å². The summed E-state index contributed by atoms with van der Waals surface area (Å²) in [6, 6.07) is -1.55. The van der Waals surface area contributed by atoms with Crippen molar-refractivity contribution in [3.63, 3.8) is 0 Å². The highest BCUT2D eigenvalue weighted by atomic mass is 16.4. The van der Waals surface area contributed by atoms with Crippen LogP contribution in [0.25, 0.3) is 0 Å². The molecule has 0 aliphatic rings. The molecule has 0 heterocycles. The Hall–Kier alpha value is -1.79. The van der Waals surface area contributed by atoms with Crippen molar-refractivity contribution in [2.24, 2.45) is 5.73 Å². The van der Waals surface area contributed by atoms with Crippen molar-refractivity contribution >= 4 is 17.9 Å². The third-order valence-corrected chi connectivity index (χ3v) is 7.11. The van der Waals surface area contributed by atoms with Crippen LogP contribution in [0.15, 0.2) is 0 Å². The second-order valence-corrected chi connectivity index (χ2v) is 10.7. The lowest BCUT2D eigenvalue weighted by Gasteiger charge is -2.14. The van der Waals surface area contributed by atoms with Gasteiger partial charge in [-0.25, -0.2) is 9.59 Å². The van der Waals surface area contributed by atoms with Gasteiger partial charge in [-0.3, -0.25) is 4.79 Å². The second-order valence-electron chi connectivity index (χ2n) is 10.7. The molecule has 0 aliphatic heterocycles. The third-order valence-electron chi connectivity index (χ3n) is 7.11. The molecule has 0 spiro atoms. The van der Waals surface area contributed by atoms with Crippen LogP contribution >= 0.6 is 0 Å². The molecule has 0 bridgehead atoms. The number of urea groups is 1. The molecular weight excluding hydrogens is 466 g/mol. The van der Waals surface area contributed by atoms with Crippen molar-refractivity contribution in [1.29, 1.82) is 0 Å². The summed E-state index contributed by atoms with van der Waals surface area (Å²) in [5.41, 5.74) is 4.98. The minimum Gasteiger partial charge on any atom is -0.480 e. The lowest BCUT2D eigenvalue weighted by molar-refractivity contribution is -0.142. The lowest BCUT2D eigenvalue weighted by atomic mass is 10.0. The van der Waals surface area contributed by atoms with Crippen LogP contribution in [-0.4, -0.2) is 35.6 Å². The van der Waals surface area contributed by atoms with Gasteiger partial charge in [0.25, 0.3) is 0 Å². The maximum atomic E-state index is 12.0. The average Bonchev–Trinajstić information content (AvgIpc) is 2.86. The minimum absolute atomic E-state index is 0.215. The topological polar surface area (TPSA) is 122 Å². The number of nitrogens with two attached hydrogens (primary N) is 1. The van der Waals surface area contributed by atoms with E-state index in [-0.39, 0.29) is 12.3 Å². The van der Waals surface area contributed by atoms with Crippen LogP contribution in [0.1, 0.15) is 161 Å². The van der Waals surface area contributed by atoms with Crippen LogP contribution in [0.5, 0.6) is 0 Å². The smallest absolute Gasteiger partial charge is 0.326 e. The number of carbonyl (C=O) groups is 3. The average molecular weight is 526 g/mol. The summed E-state index contributed by atoms with van der Waals surface area (Å²) in [5, 5.41) is 14.3. The molecule has 0 aromatic heterocycles. The molecule has 218 valence electrons. The zero-order chi connectivity index (χ0) is 27.4. The number of unbranched alkanes of at least 4 members (excludes halogenated alkanes) is 20. The van der Waals surface area contributed by atoms with Gasteiger partial charge >= 0.3 is 12.0 Å². The summed E-state index contributed by atoms with van der Waals surface area (Å²) >= 11 is 0. The van der Waals surface area contributed by atoms with Crippen molar-refractivity contribution in [2.75, 3.05) is 6.54 Å². The van der Waals surface area contributed by atoms with E-state index in [4.69, 9.17) is 5.73 Å². The Kier molecular flexibility index (Phi) is 25.9. The normalized spacial score (nSPS) is 11.8. The SMILES string of the molecule is CCCCCCCCCCCCCCCCCCCCCCCC(=O)N[C@@H](CCCNC(N)=O)C(=O)O. The molecule has 0 aliphatic carbocycles. The van der Waals surface area contributed by atoms with Crippen molar-refractivity contribution in [3.8, 4) is 0 Å². The summed E-state index contributed by atoms with van der Waals surface area (Å²) in [6.45, 7) is 2.58. The summed E-state index contributed by atoms with van der Waals surface area (Å²) in [7, 11) is 0. The summed E-state index contributed by atoms with van der Waals surface area (Å²) in [4.78, 5) is 34.0. The Morgan fingerprint density at radius 3 is 1.35 bits per heavy atom. The Balaban J connectivity index is 3.38. The van der Waals surface area contributed by atoms with Crippen LogP contribution in [0.4, 0.5) is 4.79 Å². The van der Waals surface area contributed by atoms with Gasteiger partial charge in [0.2, 0.25) is 5.91 Å². The molecule has 0 rings (SSSR count). The van der Waals surface area contributed by atoms with Gasteiger partial charge < -0.3 is 21.5 Å². The Bertz CT molecular complexity index is 557. The Morgan fingerprint density at radius 2 is 1.00 bits per heavy atom. The molecule has 7 nitrogen and oxygen atoms in total. The maximum Gasteiger partial charge on any atom is 0.326 e. The largest absolute Gasteiger partial charge is 0.480 e. The number of aliphatic carboxylic acids is 1. The zero-order valence-corrected chi connectivity index (χ0v) is 24.0. The first-order chi connectivity index (χ1) is 18.0. The quantitative estimate of drug-likeness (QED) is 0.0785. The fourth-order valence-electron chi connectivity index (χ4n) is 4.76. The first-order valence-electron chi connectivity index (χ1n) is 15.5. The fraction of sp³-hybridized carbons (Fsp3) is 0.900. The second kappa shape index (κ2) is 27.3. The standard InChI is InChI=1S/C30H59N3O4/c1-2-3-4-5-6-7-8-9-10-11-12-13-14-15-16-17-18-19-20-21-22-25-28(34)33-27(29(35)36)24-23-26-32-30(31)37/h27H,2-26H2,1H3,(H,33,34)(H,35,36)(H3,31,32,37)/t27-/m0/s1. The molecule has 5 N–H and O–H groups in total. The number of rotatable bonds is 28. The van der Waals surface area contributed by atoms with Crippen molar-refractivity contribution in [2.45, 2.75) is 167 Å². The van der Waals surface area contributed by atoms with Gasteiger partial charge in [0.1, 0.15) is 6.04 Å². The maximum absolute atomic E-state index is 12.0. The van der Waals surface area contributed by atoms with E-state index in [1.807, 2.05) is 0 Å². The first kappa shape index (κ1) is 35.2. The molecule has 1 atom stereocenters. The van der Waals surface area contributed by atoms with E-state index in [1.54, 1.807) is 0 Å². The number of hydrogen-bond donors (Lipinski definition) is 4. The molecular formula is C30H59N3O4. The summed E-state index contributed by atoms with van der Waals surface area (Å²) in [6.07, 6.45) is 28.9. The number of amides is 3. The minimum atomic E-state index is -1.05. The number of primary amides is 1. The number of hydrogen-bond acceptors (Lipinski definition) is 3. The molecule has 0 aromatic carbocycles. The monoisotopic (exact) mass is 525 g/mol. The number of nitrogens with one attached hydrogen (secondary N) is 2. The van der Waals surface area contributed by atoms with Gasteiger partial charge in [0, 0.05) is 13.0 Å². The molecule has 0 aromatic rings. The van der Waals surface area contributed by atoms with Gasteiger partial charge in [0.05, 0.1) is 0 Å². The van der Waals surface area contributed by atoms with E-state index in [9.17, 15) is 19.5 Å². The van der Waals surface area contributed by atoms with Crippen LogP contribution in [0, 0.1) is 0 Å². The van der Waals surface area contributed by atoms with Gasteiger partial charge in [-0.1, -0.05) is 135 Å². The van der Waals surface area contributed by atoms with Crippen LogP contribution in [0.2, 0.25) is 0 Å². The van der Waals surface area contributed by atoms with E-state index < -0.39 is 18.0 Å². The molecule has 0 saturated heterocycles. The molecule has 3 amide bonds. The highest BCUT2D eigenvalue weighted by Gasteiger charge is 2.19. The first-order valence-corrected chi connectivity index (χ1v) is 15.5. The molecule has 0 fully saturated rings. The molecule has 0 unspecified atom stereocenters. The number of carbonyl (C=O) groups excluding carboxylic acids is 2. The molecule has 37 heavy (non-hydrogen) atoms. The molecule has 0 radical (unpaired) electrons. The lowest BCUT2D eigenvalue weighted by Crippen LogP contribution is -2.41.